The molecule has 4 heteroatoms. The maximum Gasteiger partial charge on any atom is 0.251 e. The molecular formula is C10H19N3O. The highest BCUT2D eigenvalue weighted by atomic mass is 16.2. The van der Waals surface area contributed by atoms with Crippen LogP contribution in [0.2, 0.25) is 0 Å². The van der Waals surface area contributed by atoms with E-state index in [1.54, 1.807) is 7.05 Å². The third kappa shape index (κ3) is 2.12. The van der Waals surface area contributed by atoms with Crippen molar-refractivity contribution in [3.63, 3.8) is 0 Å². The van der Waals surface area contributed by atoms with Gasteiger partial charge >= 0.3 is 0 Å². The van der Waals surface area contributed by atoms with Gasteiger partial charge < -0.3 is 5.73 Å². The predicted octanol–water partition coefficient (Wildman–Crippen LogP) is 0.825. The maximum atomic E-state index is 11.7. The molecule has 0 aliphatic carbocycles. The van der Waals surface area contributed by atoms with E-state index in [2.05, 4.69) is 18.9 Å². The summed E-state index contributed by atoms with van der Waals surface area (Å²) >= 11 is 0. The lowest BCUT2D eigenvalue weighted by molar-refractivity contribution is -0.130. The molecule has 1 heterocycles. The van der Waals surface area contributed by atoms with Gasteiger partial charge in [-0.15, -0.1) is 0 Å². The Balaban J connectivity index is 2.70. The van der Waals surface area contributed by atoms with Gasteiger partial charge in [-0.25, -0.2) is 5.01 Å². The maximum absolute atomic E-state index is 11.7. The average Bonchev–Trinajstić information content (AvgIpc) is 2.41. The number of amides is 1. The number of rotatable bonds is 4. The number of carbonyl (C=O) groups excluding carboxylic acids is 1. The second kappa shape index (κ2) is 4.55. The van der Waals surface area contributed by atoms with Crippen LogP contribution in [0.3, 0.4) is 0 Å². The van der Waals surface area contributed by atoms with Gasteiger partial charge in [0, 0.05) is 7.05 Å². The summed E-state index contributed by atoms with van der Waals surface area (Å²) in [6, 6.07) is 0. The average molecular weight is 197 g/mol. The summed E-state index contributed by atoms with van der Waals surface area (Å²) < 4.78 is 0. The Labute approximate surface area is 85.1 Å². The number of hydrazone groups is 1. The van der Waals surface area contributed by atoms with E-state index in [9.17, 15) is 4.79 Å². The van der Waals surface area contributed by atoms with Crippen LogP contribution in [0, 0.1) is 11.8 Å². The Kier molecular flexibility index (Phi) is 3.63. The predicted molar refractivity (Wildman–Crippen MR) is 56.8 cm³/mol. The molecule has 0 radical (unpaired) electrons. The van der Waals surface area contributed by atoms with E-state index in [4.69, 9.17) is 5.73 Å². The van der Waals surface area contributed by atoms with Gasteiger partial charge in [0.25, 0.3) is 5.91 Å². The van der Waals surface area contributed by atoms with Crippen molar-refractivity contribution in [2.45, 2.75) is 26.7 Å². The summed E-state index contributed by atoms with van der Waals surface area (Å²) in [5.41, 5.74) is 6.45. The quantitative estimate of drug-likeness (QED) is 0.725. The molecule has 0 aromatic rings. The molecule has 0 aromatic heterocycles. The molecule has 0 saturated carbocycles. The lowest BCUT2D eigenvalue weighted by Crippen LogP contribution is -2.27. The van der Waals surface area contributed by atoms with Gasteiger partial charge in [0.15, 0.2) is 0 Å². The minimum Gasteiger partial charge on any atom is -0.330 e. The molecule has 14 heavy (non-hydrogen) atoms. The van der Waals surface area contributed by atoms with Crippen LogP contribution in [0.15, 0.2) is 5.10 Å². The molecule has 1 rings (SSSR count). The third-order valence-electron chi connectivity index (χ3n) is 2.53. The minimum atomic E-state index is -0.0245. The van der Waals surface area contributed by atoms with Crippen molar-refractivity contribution >= 4 is 11.6 Å². The van der Waals surface area contributed by atoms with Gasteiger partial charge in [-0.3, -0.25) is 4.79 Å². The second-order valence-electron chi connectivity index (χ2n) is 4.02. The summed E-state index contributed by atoms with van der Waals surface area (Å²) in [5, 5.41) is 5.72. The summed E-state index contributed by atoms with van der Waals surface area (Å²) in [5.74, 6) is 0.428. The van der Waals surface area contributed by atoms with E-state index in [1.165, 1.54) is 5.01 Å². The Morgan fingerprint density at radius 1 is 1.57 bits per heavy atom. The molecule has 0 saturated heterocycles. The molecule has 0 spiro atoms. The molecule has 0 fully saturated rings. The summed E-state index contributed by atoms with van der Waals surface area (Å²) in [6.45, 7) is 4.78. The van der Waals surface area contributed by atoms with Crippen LogP contribution in [-0.4, -0.2) is 30.2 Å². The van der Waals surface area contributed by atoms with Crippen LogP contribution in [-0.2, 0) is 4.79 Å². The van der Waals surface area contributed by atoms with Gasteiger partial charge in [0.2, 0.25) is 0 Å². The number of nitrogens with two attached hydrogens (primary N) is 1. The van der Waals surface area contributed by atoms with Crippen molar-refractivity contribution in [2.75, 3.05) is 13.6 Å². The molecule has 2 N–H and O–H groups in total. The Morgan fingerprint density at radius 2 is 2.21 bits per heavy atom. The first kappa shape index (κ1) is 11.2. The summed E-state index contributed by atoms with van der Waals surface area (Å²) in [7, 11) is 1.72. The zero-order chi connectivity index (χ0) is 10.7. The topological polar surface area (TPSA) is 58.7 Å². The highest BCUT2D eigenvalue weighted by Gasteiger charge is 2.34. The molecule has 80 valence electrons. The van der Waals surface area contributed by atoms with Crippen molar-refractivity contribution in [2.24, 2.45) is 22.7 Å². The van der Waals surface area contributed by atoms with E-state index in [-0.39, 0.29) is 11.8 Å². The van der Waals surface area contributed by atoms with E-state index in [0.29, 0.717) is 12.5 Å². The number of nitrogens with zero attached hydrogens (tertiary/aromatic N) is 2. The van der Waals surface area contributed by atoms with Crippen LogP contribution in [0.1, 0.15) is 26.7 Å². The van der Waals surface area contributed by atoms with Crippen molar-refractivity contribution < 1.29 is 4.79 Å². The van der Waals surface area contributed by atoms with E-state index < -0.39 is 0 Å². The first-order valence-corrected chi connectivity index (χ1v) is 5.14. The first-order chi connectivity index (χ1) is 6.57. The molecule has 1 unspecified atom stereocenters. The standard InChI is InChI=1S/C10H19N3O/c1-7(2)9-8(5-4-6-11)10(14)13(3)12-9/h7-8H,4-6,11H2,1-3H3. The zero-order valence-corrected chi connectivity index (χ0v) is 9.16. The summed E-state index contributed by atoms with van der Waals surface area (Å²) in [6.07, 6.45) is 1.71. The Morgan fingerprint density at radius 3 is 2.71 bits per heavy atom. The highest BCUT2D eigenvalue weighted by molar-refractivity contribution is 6.08. The van der Waals surface area contributed by atoms with Gasteiger partial charge in [-0.05, 0) is 25.3 Å². The molecule has 1 aliphatic heterocycles. The van der Waals surface area contributed by atoms with Crippen molar-refractivity contribution in [3.8, 4) is 0 Å². The van der Waals surface area contributed by atoms with Crippen LogP contribution < -0.4 is 5.73 Å². The minimum absolute atomic E-state index is 0.0245. The fourth-order valence-corrected chi connectivity index (χ4v) is 1.76. The molecule has 0 bridgehead atoms. The van der Waals surface area contributed by atoms with Crippen molar-refractivity contribution in [1.82, 2.24) is 5.01 Å². The fraction of sp³-hybridized carbons (Fsp3) is 0.800. The zero-order valence-electron chi connectivity index (χ0n) is 9.16. The van der Waals surface area contributed by atoms with E-state index >= 15 is 0 Å². The summed E-state index contributed by atoms with van der Waals surface area (Å²) in [4.78, 5) is 11.7. The van der Waals surface area contributed by atoms with E-state index in [0.717, 1.165) is 18.6 Å². The highest BCUT2D eigenvalue weighted by Crippen LogP contribution is 2.23. The van der Waals surface area contributed by atoms with Gasteiger partial charge in [0.1, 0.15) is 0 Å². The normalized spacial score (nSPS) is 22.1. The van der Waals surface area contributed by atoms with E-state index in [1.807, 2.05) is 0 Å². The van der Waals surface area contributed by atoms with Crippen molar-refractivity contribution in [1.29, 1.82) is 0 Å². The molecule has 0 aromatic carbocycles. The molecular weight excluding hydrogens is 178 g/mol. The first-order valence-electron chi connectivity index (χ1n) is 5.14. The van der Waals surface area contributed by atoms with Gasteiger partial charge in [-0.2, -0.15) is 5.10 Å². The number of carbonyl (C=O) groups is 1. The third-order valence-corrected chi connectivity index (χ3v) is 2.53. The molecule has 1 aliphatic rings. The number of hydrogen-bond donors (Lipinski definition) is 1. The monoisotopic (exact) mass is 197 g/mol. The van der Waals surface area contributed by atoms with Crippen LogP contribution >= 0.6 is 0 Å². The Bertz CT molecular complexity index is 248. The smallest absolute Gasteiger partial charge is 0.251 e. The fourth-order valence-electron chi connectivity index (χ4n) is 1.76. The van der Waals surface area contributed by atoms with Crippen molar-refractivity contribution in [3.05, 3.63) is 0 Å². The molecule has 1 atom stereocenters. The second-order valence-corrected chi connectivity index (χ2v) is 4.02. The SMILES string of the molecule is CC(C)C1=NN(C)C(=O)C1CCCN. The molecule has 4 nitrogen and oxygen atoms in total. The molecule has 1 amide bonds. The lowest BCUT2D eigenvalue weighted by Gasteiger charge is -2.12. The lowest BCUT2D eigenvalue weighted by atomic mass is 9.91. The van der Waals surface area contributed by atoms with Gasteiger partial charge in [-0.1, -0.05) is 13.8 Å². The van der Waals surface area contributed by atoms with Crippen LogP contribution in [0.25, 0.3) is 0 Å². The largest absolute Gasteiger partial charge is 0.330 e. The Hall–Kier alpha value is -0.900. The van der Waals surface area contributed by atoms with Gasteiger partial charge in [0.05, 0.1) is 11.6 Å². The van der Waals surface area contributed by atoms with Crippen LogP contribution in [0.4, 0.5) is 0 Å². The van der Waals surface area contributed by atoms with Crippen LogP contribution in [0.5, 0.6) is 0 Å². The number of hydrogen-bond acceptors (Lipinski definition) is 3.